The molecule has 21 heavy (non-hydrogen) atoms. The fourth-order valence-electron chi connectivity index (χ4n) is 2.19. The number of ether oxygens (including phenoxy) is 1. The smallest absolute Gasteiger partial charge is 0.124 e. The summed E-state index contributed by atoms with van der Waals surface area (Å²) in [5.41, 5.74) is 9.01. The van der Waals surface area contributed by atoms with Crippen molar-refractivity contribution in [2.45, 2.75) is 6.54 Å². The highest BCUT2D eigenvalue weighted by Crippen LogP contribution is 2.34. The molecule has 0 amide bonds. The van der Waals surface area contributed by atoms with Gasteiger partial charge in [-0.25, -0.2) is 4.98 Å². The van der Waals surface area contributed by atoms with Crippen molar-refractivity contribution in [2.75, 3.05) is 7.11 Å². The van der Waals surface area contributed by atoms with Crippen LogP contribution in [0.2, 0.25) is 0 Å². The summed E-state index contributed by atoms with van der Waals surface area (Å²) in [5.74, 6) is 0.832. The first-order chi connectivity index (χ1) is 10.3. The maximum absolute atomic E-state index is 5.88. The summed E-state index contributed by atoms with van der Waals surface area (Å²) in [4.78, 5) is 5.88. The molecule has 2 aromatic carbocycles. The summed E-state index contributed by atoms with van der Waals surface area (Å²) >= 11 is 1.63. The molecule has 3 rings (SSSR count). The Morgan fingerprint density at radius 2 is 1.81 bits per heavy atom. The van der Waals surface area contributed by atoms with E-state index < -0.39 is 0 Å². The van der Waals surface area contributed by atoms with E-state index in [1.807, 2.05) is 42.5 Å². The Hall–Kier alpha value is -2.17. The van der Waals surface area contributed by atoms with Crippen LogP contribution < -0.4 is 10.5 Å². The lowest BCUT2D eigenvalue weighted by Gasteiger charge is -2.01. The number of hydrogen-bond donors (Lipinski definition) is 1. The van der Waals surface area contributed by atoms with E-state index in [2.05, 4.69) is 12.1 Å². The lowest BCUT2D eigenvalue weighted by molar-refractivity contribution is 0.415. The number of thiazole rings is 1. The van der Waals surface area contributed by atoms with Crippen molar-refractivity contribution in [1.82, 2.24) is 4.98 Å². The molecule has 2 N–H and O–H groups in total. The van der Waals surface area contributed by atoms with E-state index in [4.69, 9.17) is 15.5 Å². The topological polar surface area (TPSA) is 48.1 Å². The van der Waals surface area contributed by atoms with Crippen LogP contribution in [0.5, 0.6) is 5.75 Å². The minimum Gasteiger partial charge on any atom is -0.497 e. The number of methoxy groups -OCH3 is 1. The Balaban J connectivity index is 2.07. The van der Waals surface area contributed by atoms with Crippen LogP contribution in [0.3, 0.4) is 0 Å². The first-order valence-electron chi connectivity index (χ1n) is 6.71. The minimum absolute atomic E-state index is 0.492. The van der Waals surface area contributed by atoms with Gasteiger partial charge in [-0.15, -0.1) is 11.3 Å². The zero-order valence-electron chi connectivity index (χ0n) is 11.7. The molecular formula is C17H16N2OS. The second-order valence-electron chi connectivity index (χ2n) is 4.59. The predicted octanol–water partition coefficient (Wildman–Crippen LogP) is 3.94. The van der Waals surface area contributed by atoms with Crippen LogP contribution in [0, 0.1) is 0 Å². The van der Waals surface area contributed by atoms with Crippen molar-refractivity contribution in [3.63, 3.8) is 0 Å². The van der Waals surface area contributed by atoms with Crippen molar-refractivity contribution in [3.05, 3.63) is 59.5 Å². The van der Waals surface area contributed by atoms with Gasteiger partial charge in [-0.2, -0.15) is 0 Å². The minimum atomic E-state index is 0.492. The van der Waals surface area contributed by atoms with Gasteiger partial charge in [0, 0.05) is 22.5 Å². The number of nitrogens with two attached hydrogens (primary N) is 1. The molecule has 0 aliphatic carbocycles. The molecule has 0 unspecified atom stereocenters. The quantitative estimate of drug-likeness (QED) is 0.793. The van der Waals surface area contributed by atoms with E-state index in [0.29, 0.717) is 6.54 Å². The predicted molar refractivity (Wildman–Crippen MR) is 87.4 cm³/mol. The third-order valence-electron chi connectivity index (χ3n) is 3.25. The molecule has 0 saturated heterocycles. The molecule has 0 aliphatic rings. The molecule has 0 radical (unpaired) electrons. The van der Waals surface area contributed by atoms with Gasteiger partial charge in [-0.3, -0.25) is 0 Å². The van der Waals surface area contributed by atoms with E-state index in [9.17, 15) is 0 Å². The highest BCUT2D eigenvalue weighted by atomic mass is 32.1. The molecule has 0 saturated carbocycles. The molecule has 4 heteroatoms. The highest BCUT2D eigenvalue weighted by Gasteiger charge is 2.13. The van der Waals surface area contributed by atoms with Gasteiger partial charge in [-0.1, -0.05) is 42.5 Å². The molecule has 1 heterocycles. The van der Waals surface area contributed by atoms with E-state index in [0.717, 1.165) is 32.5 Å². The van der Waals surface area contributed by atoms with Gasteiger partial charge in [0.05, 0.1) is 12.8 Å². The van der Waals surface area contributed by atoms with Crippen LogP contribution in [-0.4, -0.2) is 12.1 Å². The summed E-state index contributed by atoms with van der Waals surface area (Å²) in [6.07, 6.45) is 0. The third-order valence-corrected chi connectivity index (χ3v) is 4.37. The van der Waals surface area contributed by atoms with Gasteiger partial charge in [0.25, 0.3) is 0 Å². The van der Waals surface area contributed by atoms with E-state index in [1.165, 1.54) is 0 Å². The molecule has 0 aliphatic heterocycles. The summed E-state index contributed by atoms with van der Waals surface area (Å²) in [6.45, 7) is 0.492. The fraction of sp³-hybridized carbons (Fsp3) is 0.118. The monoisotopic (exact) mass is 296 g/mol. The van der Waals surface area contributed by atoms with Crippen molar-refractivity contribution in [1.29, 1.82) is 0 Å². The van der Waals surface area contributed by atoms with Crippen LogP contribution in [0.25, 0.3) is 21.8 Å². The van der Waals surface area contributed by atoms with Gasteiger partial charge in [0.15, 0.2) is 0 Å². The van der Waals surface area contributed by atoms with Gasteiger partial charge >= 0.3 is 0 Å². The van der Waals surface area contributed by atoms with Gasteiger partial charge in [-0.05, 0) is 12.1 Å². The molecule has 0 spiro atoms. The Bertz CT molecular complexity index is 738. The Morgan fingerprint density at radius 1 is 1.05 bits per heavy atom. The first kappa shape index (κ1) is 13.8. The zero-order chi connectivity index (χ0) is 14.7. The largest absolute Gasteiger partial charge is 0.497 e. The van der Waals surface area contributed by atoms with Gasteiger partial charge < -0.3 is 10.5 Å². The molecule has 3 aromatic rings. The van der Waals surface area contributed by atoms with Gasteiger partial charge in [0.1, 0.15) is 10.8 Å². The van der Waals surface area contributed by atoms with Crippen molar-refractivity contribution in [3.8, 4) is 27.6 Å². The molecule has 0 atom stereocenters. The van der Waals surface area contributed by atoms with Crippen molar-refractivity contribution >= 4 is 11.3 Å². The third kappa shape index (κ3) is 2.82. The number of benzene rings is 2. The Labute approximate surface area is 128 Å². The number of rotatable bonds is 4. The summed E-state index contributed by atoms with van der Waals surface area (Å²) in [5, 5.41) is 0.966. The average Bonchev–Trinajstić information content (AvgIpc) is 3.00. The normalized spacial score (nSPS) is 10.6. The van der Waals surface area contributed by atoms with Crippen molar-refractivity contribution < 1.29 is 4.74 Å². The van der Waals surface area contributed by atoms with Crippen LogP contribution in [0.1, 0.15) is 4.88 Å². The maximum atomic E-state index is 5.88. The first-order valence-corrected chi connectivity index (χ1v) is 7.53. The summed E-state index contributed by atoms with van der Waals surface area (Å²) < 4.78 is 5.28. The van der Waals surface area contributed by atoms with E-state index in [1.54, 1.807) is 18.4 Å². The summed E-state index contributed by atoms with van der Waals surface area (Å²) in [7, 11) is 1.67. The Kier molecular flexibility index (Phi) is 3.99. The van der Waals surface area contributed by atoms with Crippen LogP contribution in [0.15, 0.2) is 54.6 Å². The average molecular weight is 296 g/mol. The van der Waals surface area contributed by atoms with Crippen LogP contribution in [-0.2, 0) is 6.54 Å². The number of aromatic nitrogens is 1. The number of hydrogen-bond acceptors (Lipinski definition) is 4. The standard InChI is InChI=1S/C17H16N2OS/c1-20-14-9-5-8-13(10-14)17-19-16(15(11-18)21-17)12-6-3-2-4-7-12/h2-10H,11,18H2,1H3. The Morgan fingerprint density at radius 3 is 2.52 bits per heavy atom. The second kappa shape index (κ2) is 6.08. The maximum Gasteiger partial charge on any atom is 0.124 e. The van der Waals surface area contributed by atoms with E-state index in [-0.39, 0.29) is 0 Å². The molecule has 1 aromatic heterocycles. The van der Waals surface area contributed by atoms with Gasteiger partial charge in [0.2, 0.25) is 0 Å². The number of nitrogens with zero attached hydrogens (tertiary/aromatic N) is 1. The van der Waals surface area contributed by atoms with Crippen LogP contribution in [0.4, 0.5) is 0 Å². The van der Waals surface area contributed by atoms with E-state index >= 15 is 0 Å². The lowest BCUT2D eigenvalue weighted by atomic mass is 10.1. The second-order valence-corrected chi connectivity index (χ2v) is 5.68. The zero-order valence-corrected chi connectivity index (χ0v) is 12.6. The summed E-state index contributed by atoms with van der Waals surface area (Å²) in [6, 6.07) is 18.1. The highest BCUT2D eigenvalue weighted by molar-refractivity contribution is 7.15. The molecule has 3 nitrogen and oxygen atoms in total. The van der Waals surface area contributed by atoms with Crippen LogP contribution >= 0.6 is 11.3 Å². The van der Waals surface area contributed by atoms with Crippen molar-refractivity contribution in [2.24, 2.45) is 5.73 Å². The lowest BCUT2D eigenvalue weighted by Crippen LogP contribution is -1.95. The fourth-order valence-corrected chi connectivity index (χ4v) is 3.15. The molecule has 106 valence electrons. The molecule has 0 fully saturated rings. The molecule has 0 bridgehead atoms. The SMILES string of the molecule is COc1cccc(-c2nc(-c3ccccc3)c(CN)s2)c1. The molecular weight excluding hydrogens is 280 g/mol.